The Balaban J connectivity index is 2.13. The van der Waals surface area contributed by atoms with Gasteiger partial charge in [0.15, 0.2) is 0 Å². The summed E-state index contributed by atoms with van der Waals surface area (Å²) in [6.07, 6.45) is 4.02. The molecule has 2 rings (SSSR count). The van der Waals surface area contributed by atoms with Gasteiger partial charge in [-0.15, -0.1) is 0 Å². The highest BCUT2D eigenvalue weighted by Crippen LogP contribution is 2.26. The predicted molar refractivity (Wildman–Crippen MR) is 69.1 cm³/mol. The lowest BCUT2D eigenvalue weighted by Gasteiger charge is -2.37. The second kappa shape index (κ2) is 4.88. The van der Waals surface area contributed by atoms with Crippen LogP contribution >= 0.6 is 0 Å². The fraction of sp³-hybridized carbons (Fsp3) is 0.500. The van der Waals surface area contributed by atoms with Crippen LogP contribution < -0.4 is 4.48 Å². The van der Waals surface area contributed by atoms with Crippen molar-refractivity contribution in [3.05, 3.63) is 29.8 Å². The summed E-state index contributed by atoms with van der Waals surface area (Å²) in [7, 11) is 2.27. The lowest BCUT2D eigenvalue weighted by Crippen LogP contribution is -2.48. The first-order chi connectivity index (χ1) is 8.10. The molecule has 1 aromatic carbocycles. The van der Waals surface area contributed by atoms with Crippen molar-refractivity contribution < 1.29 is 9.90 Å². The Morgan fingerprint density at radius 3 is 2.29 bits per heavy atom. The van der Waals surface area contributed by atoms with Gasteiger partial charge in [-0.2, -0.15) is 0 Å². The van der Waals surface area contributed by atoms with Gasteiger partial charge >= 0.3 is 5.97 Å². The zero-order valence-corrected chi connectivity index (χ0v) is 10.4. The summed E-state index contributed by atoms with van der Waals surface area (Å²) >= 11 is 0. The number of hydrogen-bond donors (Lipinski definition) is 1. The van der Waals surface area contributed by atoms with Crippen molar-refractivity contribution >= 4 is 11.7 Å². The summed E-state index contributed by atoms with van der Waals surface area (Å²) in [5.74, 6) is -0.767. The van der Waals surface area contributed by atoms with Crippen molar-refractivity contribution in [2.75, 3.05) is 20.1 Å². The molecule has 1 aliphatic rings. The normalized spacial score (nSPS) is 18.9. The highest BCUT2D eigenvalue weighted by atomic mass is 16.4. The third kappa shape index (κ3) is 2.86. The molecule has 0 saturated carbocycles. The minimum atomic E-state index is -0.767. The number of rotatable bonds is 3. The molecule has 1 aromatic rings. The molecule has 0 unspecified atom stereocenters. The van der Waals surface area contributed by atoms with E-state index in [2.05, 4.69) is 19.2 Å². The Kier molecular flexibility index (Phi) is 3.48. The van der Waals surface area contributed by atoms with Crippen molar-refractivity contribution in [1.29, 1.82) is 0 Å². The molecule has 0 spiro atoms. The monoisotopic (exact) mass is 234 g/mol. The van der Waals surface area contributed by atoms with Crippen LogP contribution in [-0.2, 0) is 11.2 Å². The lowest BCUT2D eigenvalue weighted by atomic mass is 10.1. The maximum absolute atomic E-state index is 10.6. The number of hydrogen-bond acceptors (Lipinski definition) is 1. The number of piperidine rings is 1. The molecular formula is C14H20NO2+. The average molecular weight is 234 g/mol. The molecule has 3 nitrogen and oxygen atoms in total. The van der Waals surface area contributed by atoms with Gasteiger partial charge in [0, 0.05) is 0 Å². The van der Waals surface area contributed by atoms with Crippen LogP contribution in [0.3, 0.4) is 0 Å². The van der Waals surface area contributed by atoms with Crippen molar-refractivity contribution in [3.8, 4) is 0 Å². The number of quaternary nitrogens is 1. The number of carbonyl (C=O) groups is 1. The quantitative estimate of drug-likeness (QED) is 0.816. The number of nitrogens with zero attached hydrogens (tertiary/aromatic N) is 1. The van der Waals surface area contributed by atoms with E-state index in [0.29, 0.717) is 0 Å². The lowest BCUT2D eigenvalue weighted by molar-refractivity contribution is -0.136. The second-order valence-electron chi connectivity index (χ2n) is 5.14. The zero-order valence-electron chi connectivity index (χ0n) is 10.4. The molecule has 92 valence electrons. The van der Waals surface area contributed by atoms with Gasteiger partial charge in [0.1, 0.15) is 5.69 Å². The highest BCUT2D eigenvalue weighted by Gasteiger charge is 2.27. The van der Waals surface area contributed by atoms with E-state index in [-0.39, 0.29) is 6.42 Å². The van der Waals surface area contributed by atoms with E-state index in [9.17, 15) is 4.79 Å². The second-order valence-corrected chi connectivity index (χ2v) is 5.14. The van der Waals surface area contributed by atoms with Gasteiger partial charge in [-0.3, -0.25) is 9.28 Å². The average Bonchev–Trinajstić information content (AvgIpc) is 2.30. The molecule has 3 heteroatoms. The highest BCUT2D eigenvalue weighted by molar-refractivity contribution is 5.70. The molecule has 1 fully saturated rings. The first-order valence-corrected chi connectivity index (χ1v) is 6.26. The number of aliphatic carboxylic acids is 1. The van der Waals surface area contributed by atoms with Crippen LogP contribution in [-0.4, -0.2) is 31.2 Å². The van der Waals surface area contributed by atoms with Gasteiger partial charge in [0.2, 0.25) is 0 Å². The summed E-state index contributed by atoms with van der Waals surface area (Å²) in [4.78, 5) is 10.6. The molecule has 1 N–H and O–H groups in total. The zero-order chi connectivity index (χ0) is 12.3. The molecule has 0 aromatic heterocycles. The summed E-state index contributed by atoms with van der Waals surface area (Å²) in [5, 5.41) is 8.73. The van der Waals surface area contributed by atoms with Crippen LogP contribution in [0.15, 0.2) is 24.3 Å². The molecule has 0 atom stereocenters. The van der Waals surface area contributed by atoms with Gasteiger partial charge < -0.3 is 5.11 Å². The minimum absolute atomic E-state index is 0.115. The number of carboxylic acid groups (broad SMARTS) is 1. The van der Waals surface area contributed by atoms with Crippen molar-refractivity contribution in [3.63, 3.8) is 0 Å². The first-order valence-electron chi connectivity index (χ1n) is 6.26. The molecular weight excluding hydrogens is 214 g/mol. The smallest absolute Gasteiger partial charge is 0.307 e. The SMILES string of the molecule is C[N+]1(c2ccc(CC(=O)O)cc2)CCCCC1. The van der Waals surface area contributed by atoms with Crippen LogP contribution in [0, 0.1) is 0 Å². The Morgan fingerprint density at radius 2 is 1.76 bits per heavy atom. The van der Waals surface area contributed by atoms with Crippen LogP contribution in [0.1, 0.15) is 24.8 Å². The van der Waals surface area contributed by atoms with E-state index >= 15 is 0 Å². The van der Waals surface area contributed by atoms with E-state index < -0.39 is 5.97 Å². The Labute approximate surface area is 102 Å². The van der Waals surface area contributed by atoms with E-state index in [4.69, 9.17) is 5.11 Å². The Morgan fingerprint density at radius 1 is 1.18 bits per heavy atom. The first kappa shape index (κ1) is 12.1. The molecule has 1 heterocycles. The summed E-state index contributed by atoms with van der Waals surface area (Å²) in [5.41, 5.74) is 2.18. The topological polar surface area (TPSA) is 37.3 Å². The van der Waals surface area contributed by atoms with E-state index in [0.717, 1.165) is 10.0 Å². The van der Waals surface area contributed by atoms with E-state index in [1.807, 2.05) is 12.1 Å². The van der Waals surface area contributed by atoms with Crippen LogP contribution in [0.2, 0.25) is 0 Å². The standard InChI is InChI=1S/C14H19NO2/c1-15(9-3-2-4-10-15)13-7-5-12(6-8-13)11-14(16)17/h5-8H,2-4,9-11H2,1H3/p+1. The Hall–Kier alpha value is -1.35. The van der Waals surface area contributed by atoms with Crippen LogP contribution in [0.4, 0.5) is 5.69 Å². The molecule has 1 saturated heterocycles. The van der Waals surface area contributed by atoms with Crippen LogP contribution in [0.25, 0.3) is 0 Å². The van der Waals surface area contributed by atoms with E-state index in [1.54, 1.807) is 0 Å². The summed E-state index contributed by atoms with van der Waals surface area (Å²) in [6, 6.07) is 8.07. The van der Waals surface area contributed by atoms with Gasteiger partial charge in [-0.25, -0.2) is 0 Å². The molecule has 17 heavy (non-hydrogen) atoms. The maximum Gasteiger partial charge on any atom is 0.307 e. The molecule has 0 amide bonds. The van der Waals surface area contributed by atoms with Crippen molar-refractivity contribution in [2.45, 2.75) is 25.7 Å². The molecule has 0 aliphatic carbocycles. The molecule has 0 bridgehead atoms. The third-order valence-electron chi connectivity index (χ3n) is 3.72. The van der Waals surface area contributed by atoms with Crippen LogP contribution in [0.5, 0.6) is 0 Å². The van der Waals surface area contributed by atoms with Crippen molar-refractivity contribution in [2.24, 2.45) is 0 Å². The summed E-state index contributed by atoms with van der Waals surface area (Å²) in [6.45, 7) is 2.39. The predicted octanol–water partition coefficient (Wildman–Crippen LogP) is 2.43. The fourth-order valence-corrected chi connectivity index (χ4v) is 2.62. The summed E-state index contributed by atoms with van der Waals surface area (Å²) < 4.78 is 0.993. The number of benzene rings is 1. The molecule has 1 aliphatic heterocycles. The maximum atomic E-state index is 10.6. The van der Waals surface area contributed by atoms with Gasteiger partial charge in [0.05, 0.1) is 26.6 Å². The van der Waals surface area contributed by atoms with Gasteiger partial charge in [-0.05, 0) is 37.0 Å². The Bertz CT molecular complexity index is 391. The van der Waals surface area contributed by atoms with E-state index in [1.165, 1.54) is 38.0 Å². The molecule has 0 radical (unpaired) electrons. The van der Waals surface area contributed by atoms with Crippen molar-refractivity contribution in [1.82, 2.24) is 4.48 Å². The fourth-order valence-electron chi connectivity index (χ4n) is 2.62. The largest absolute Gasteiger partial charge is 0.481 e. The van der Waals surface area contributed by atoms with Gasteiger partial charge in [0.25, 0.3) is 0 Å². The van der Waals surface area contributed by atoms with Gasteiger partial charge in [-0.1, -0.05) is 12.1 Å². The number of likely N-dealkylation sites (tertiary alicyclic amines) is 1. The third-order valence-corrected chi connectivity index (χ3v) is 3.72. The minimum Gasteiger partial charge on any atom is -0.481 e. The number of carboxylic acids is 1.